The molecule has 2 atom stereocenters. The summed E-state index contributed by atoms with van der Waals surface area (Å²) in [6.07, 6.45) is 4.87. The van der Waals surface area contributed by atoms with Crippen LogP contribution in [-0.4, -0.2) is 37.7 Å². The zero-order valence-corrected chi connectivity index (χ0v) is 12.8. The third kappa shape index (κ3) is 3.97. The van der Waals surface area contributed by atoms with Gasteiger partial charge >= 0.3 is 0 Å². The third-order valence-electron chi connectivity index (χ3n) is 4.46. The molecule has 1 aliphatic rings. The van der Waals surface area contributed by atoms with Crippen LogP contribution in [0.2, 0.25) is 0 Å². The number of ether oxygens (including phenoxy) is 1. The number of benzene rings is 1. The monoisotopic (exact) mass is 276 g/mol. The predicted octanol–water partition coefficient (Wildman–Crippen LogP) is 2.69. The molecule has 0 amide bonds. The molecule has 0 spiro atoms. The van der Waals surface area contributed by atoms with Crippen molar-refractivity contribution in [3.05, 3.63) is 29.8 Å². The molecule has 20 heavy (non-hydrogen) atoms. The molecule has 112 valence electrons. The zero-order chi connectivity index (χ0) is 14.4. The Morgan fingerprint density at radius 1 is 1.40 bits per heavy atom. The standard InChI is InChI=1S/C17H28N2O/c1-14(12-16-7-3-4-8-17(16)20-2)19-11-5-6-15(13-19)9-10-18/h3-4,7-8,14-15H,5-6,9-13,18H2,1-2H3. The largest absolute Gasteiger partial charge is 0.496 e. The van der Waals surface area contributed by atoms with E-state index in [1.54, 1.807) is 7.11 Å². The molecule has 2 N–H and O–H groups in total. The van der Waals surface area contributed by atoms with E-state index < -0.39 is 0 Å². The second-order valence-electron chi connectivity index (χ2n) is 5.95. The molecule has 0 aromatic heterocycles. The number of para-hydroxylation sites is 1. The fourth-order valence-electron chi connectivity index (χ4n) is 3.29. The first-order valence-electron chi connectivity index (χ1n) is 7.80. The summed E-state index contributed by atoms with van der Waals surface area (Å²) in [5.41, 5.74) is 7.02. The van der Waals surface area contributed by atoms with Gasteiger partial charge in [0.25, 0.3) is 0 Å². The minimum atomic E-state index is 0.562. The van der Waals surface area contributed by atoms with Crippen LogP contribution in [0.15, 0.2) is 24.3 Å². The van der Waals surface area contributed by atoms with Crippen molar-refractivity contribution in [1.82, 2.24) is 4.90 Å². The first-order valence-corrected chi connectivity index (χ1v) is 7.80. The summed E-state index contributed by atoms with van der Waals surface area (Å²) in [5, 5.41) is 0. The van der Waals surface area contributed by atoms with Crippen LogP contribution in [0, 0.1) is 5.92 Å². The highest BCUT2D eigenvalue weighted by Gasteiger charge is 2.23. The van der Waals surface area contributed by atoms with E-state index in [1.807, 2.05) is 6.07 Å². The van der Waals surface area contributed by atoms with Crippen LogP contribution < -0.4 is 10.5 Å². The van der Waals surface area contributed by atoms with Gasteiger partial charge in [0.05, 0.1) is 7.11 Å². The van der Waals surface area contributed by atoms with Gasteiger partial charge in [-0.15, -0.1) is 0 Å². The zero-order valence-electron chi connectivity index (χ0n) is 12.8. The predicted molar refractivity (Wildman–Crippen MR) is 84.1 cm³/mol. The molecular formula is C17H28N2O. The second-order valence-corrected chi connectivity index (χ2v) is 5.95. The van der Waals surface area contributed by atoms with E-state index in [-0.39, 0.29) is 0 Å². The number of nitrogens with zero attached hydrogens (tertiary/aromatic N) is 1. The van der Waals surface area contributed by atoms with Crippen LogP contribution in [0.1, 0.15) is 31.7 Å². The SMILES string of the molecule is COc1ccccc1CC(C)N1CCCC(CCN)C1. The van der Waals surface area contributed by atoms with Crippen LogP contribution in [-0.2, 0) is 6.42 Å². The molecule has 0 bridgehead atoms. The number of piperidine rings is 1. The van der Waals surface area contributed by atoms with E-state index in [9.17, 15) is 0 Å². The van der Waals surface area contributed by atoms with Crippen molar-refractivity contribution in [2.45, 2.75) is 38.6 Å². The van der Waals surface area contributed by atoms with Gasteiger partial charge in [0.1, 0.15) is 5.75 Å². The van der Waals surface area contributed by atoms with Crippen molar-refractivity contribution >= 4 is 0 Å². The highest BCUT2D eigenvalue weighted by atomic mass is 16.5. The maximum Gasteiger partial charge on any atom is 0.122 e. The third-order valence-corrected chi connectivity index (χ3v) is 4.46. The Hall–Kier alpha value is -1.06. The molecule has 1 fully saturated rings. The lowest BCUT2D eigenvalue weighted by atomic mass is 9.93. The van der Waals surface area contributed by atoms with E-state index in [0.29, 0.717) is 6.04 Å². The normalized spacial score (nSPS) is 21.6. The minimum absolute atomic E-state index is 0.562. The maximum atomic E-state index is 5.71. The summed E-state index contributed by atoms with van der Waals surface area (Å²) in [5.74, 6) is 1.80. The molecule has 1 saturated heterocycles. The van der Waals surface area contributed by atoms with E-state index in [1.165, 1.54) is 31.5 Å². The van der Waals surface area contributed by atoms with Crippen LogP contribution >= 0.6 is 0 Å². The smallest absolute Gasteiger partial charge is 0.122 e. The average molecular weight is 276 g/mol. The van der Waals surface area contributed by atoms with Crippen molar-refractivity contribution in [3.8, 4) is 5.75 Å². The molecule has 1 heterocycles. The first-order chi connectivity index (χ1) is 9.74. The quantitative estimate of drug-likeness (QED) is 0.868. The van der Waals surface area contributed by atoms with Gasteiger partial charge in [-0.25, -0.2) is 0 Å². The molecular weight excluding hydrogens is 248 g/mol. The van der Waals surface area contributed by atoms with Crippen molar-refractivity contribution in [3.63, 3.8) is 0 Å². The Bertz CT molecular complexity index is 406. The summed E-state index contributed by atoms with van der Waals surface area (Å²) in [7, 11) is 1.75. The lowest BCUT2D eigenvalue weighted by molar-refractivity contribution is 0.127. The molecule has 0 saturated carbocycles. The van der Waals surface area contributed by atoms with Gasteiger partial charge in [0, 0.05) is 12.6 Å². The molecule has 1 aromatic carbocycles. The first kappa shape index (κ1) is 15.3. The molecule has 3 heteroatoms. The van der Waals surface area contributed by atoms with Gasteiger partial charge in [-0.1, -0.05) is 18.2 Å². The Morgan fingerprint density at radius 3 is 2.95 bits per heavy atom. The minimum Gasteiger partial charge on any atom is -0.496 e. The van der Waals surface area contributed by atoms with Crippen molar-refractivity contribution in [2.24, 2.45) is 11.7 Å². The lowest BCUT2D eigenvalue weighted by Gasteiger charge is -2.37. The Balaban J connectivity index is 1.95. The Kier molecular flexibility index (Phi) is 5.86. The summed E-state index contributed by atoms with van der Waals surface area (Å²) in [6.45, 7) is 5.57. The highest BCUT2D eigenvalue weighted by molar-refractivity contribution is 5.33. The average Bonchev–Trinajstić information content (AvgIpc) is 2.48. The highest BCUT2D eigenvalue weighted by Crippen LogP contribution is 2.24. The van der Waals surface area contributed by atoms with Gasteiger partial charge in [0.15, 0.2) is 0 Å². The number of rotatable bonds is 6. The van der Waals surface area contributed by atoms with Gasteiger partial charge in [-0.05, 0) is 63.2 Å². The number of likely N-dealkylation sites (tertiary alicyclic amines) is 1. The summed E-state index contributed by atoms with van der Waals surface area (Å²) < 4.78 is 5.46. The topological polar surface area (TPSA) is 38.5 Å². The summed E-state index contributed by atoms with van der Waals surface area (Å²) in [6, 6.07) is 8.92. The van der Waals surface area contributed by atoms with Crippen molar-refractivity contribution < 1.29 is 4.74 Å². The van der Waals surface area contributed by atoms with Crippen LogP contribution in [0.5, 0.6) is 5.75 Å². The molecule has 0 radical (unpaired) electrons. The number of hydrogen-bond donors (Lipinski definition) is 1. The fraction of sp³-hybridized carbons (Fsp3) is 0.647. The van der Waals surface area contributed by atoms with Crippen LogP contribution in [0.4, 0.5) is 0 Å². The van der Waals surface area contributed by atoms with Gasteiger partial charge in [-0.2, -0.15) is 0 Å². The van der Waals surface area contributed by atoms with Crippen LogP contribution in [0.3, 0.4) is 0 Å². The van der Waals surface area contributed by atoms with Gasteiger partial charge in [-0.3, -0.25) is 0 Å². The number of nitrogens with two attached hydrogens (primary N) is 1. The van der Waals surface area contributed by atoms with Crippen LogP contribution in [0.25, 0.3) is 0 Å². The van der Waals surface area contributed by atoms with Gasteiger partial charge < -0.3 is 15.4 Å². The molecule has 2 unspecified atom stereocenters. The van der Waals surface area contributed by atoms with E-state index >= 15 is 0 Å². The van der Waals surface area contributed by atoms with Crippen molar-refractivity contribution in [1.29, 1.82) is 0 Å². The van der Waals surface area contributed by atoms with E-state index in [0.717, 1.165) is 31.1 Å². The molecule has 1 aliphatic heterocycles. The fourth-order valence-corrected chi connectivity index (χ4v) is 3.29. The van der Waals surface area contributed by atoms with E-state index in [4.69, 9.17) is 10.5 Å². The second kappa shape index (κ2) is 7.65. The Morgan fingerprint density at radius 2 is 2.20 bits per heavy atom. The molecule has 3 nitrogen and oxygen atoms in total. The summed E-state index contributed by atoms with van der Waals surface area (Å²) >= 11 is 0. The Labute approximate surface area is 123 Å². The summed E-state index contributed by atoms with van der Waals surface area (Å²) in [4.78, 5) is 2.62. The molecule has 0 aliphatic carbocycles. The lowest BCUT2D eigenvalue weighted by Crippen LogP contribution is -2.42. The number of methoxy groups -OCH3 is 1. The van der Waals surface area contributed by atoms with Gasteiger partial charge in [0.2, 0.25) is 0 Å². The van der Waals surface area contributed by atoms with E-state index in [2.05, 4.69) is 30.0 Å². The molecule has 2 rings (SSSR count). The molecule has 1 aromatic rings. The maximum absolute atomic E-state index is 5.71. The van der Waals surface area contributed by atoms with Crippen molar-refractivity contribution in [2.75, 3.05) is 26.7 Å². The number of hydrogen-bond acceptors (Lipinski definition) is 3.